The minimum absolute atomic E-state index is 0.0505. The fraction of sp³-hybridized carbons (Fsp3) is 0.429. The van der Waals surface area contributed by atoms with Gasteiger partial charge in [0.15, 0.2) is 5.79 Å². The number of benzene rings is 2. The molecule has 1 spiro atoms. The lowest BCUT2D eigenvalue weighted by atomic mass is 9.90. The molecule has 2 aromatic rings. The van der Waals surface area contributed by atoms with Crippen LogP contribution in [0, 0.1) is 0 Å². The minimum atomic E-state index is -0.855. The van der Waals surface area contributed by atoms with E-state index in [4.69, 9.17) is 25.8 Å². The molecule has 2 aromatic carbocycles. The number of aliphatic hydroxyl groups is 1. The topological polar surface area (TPSA) is 47.9 Å². The number of hydrogen-bond acceptors (Lipinski definition) is 4. The average Bonchev–Trinajstić information content (AvgIpc) is 2.91. The molecule has 4 rings (SSSR count). The number of hydrogen-bond donors (Lipinski definition) is 1. The molecule has 2 aliphatic rings. The van der Waals surface area contributed by atoms with Crippen LogP contribution in [0.2, 0.25) is 5.02 Å². The van der Waals surface area contributed by atoms with Gasteiger partial charge in [-0.25, -0.2) is 0 Å². The lowest BCUT2D eigenvalue weighted by molar-refractivity contribution is -0.295. The van der Waals surface area contributed by atoms with Crippen molar-refractivity contribution in [1.29, 1.82) is 0 Å². The third kappa shape index (κ3) is 3.23. The number of rotatable bonds is 3. The van der Waals surface area contributed by atoms with Crippen LogP contribution in [0.25, 0.3) is 0 Å². The largest absolute Gasteiger partial charge is 0.497 e. The molecule has 0 amide bonds. The molecular weight excluding hydrogens is 352 g/mol. The van der Waals surface area contributed by atoms with Gasteiger partial charge in [0, 0.05) is 17.0 Å². The quantitative estimate of drug-likeness (QED) is 0.875. The number of halogens is 1. The van der Waals surface area contributed by atoms with Crippen molar-refractivity contribution in [2.24, 2.45) is 0 Å². The second-order valence-electron chi connectivity index (χ2n) is 7.19. The summed E-state index contributed by atoms with van der Waals surface area (Å²) in [6.45, 7) is 2.43. The lowest BCUT2D eigenvalue weighted by Gasteiger charge is -2.39. The zero-order valence-electron chi connectivity index (χ0n) is 15.0. The van der Waals surface area contributed by atoms with Crippen molar-refractivity contribution in [1.82, 2.24) is 0 Å². The summed E-state index contributed by atoms with van der Waals surface area (Å²) in [7, 11) is 1.66. The molecule has 0 aliphatic carbocycles. The van der Waals surface area contributed by atoms with Crippen LogP contribution in [0.1, 0.15) is 42.0 Å². The first-order valence-corrected chi connectivity index (χ1v) is 9.31. The molecular formula is C21H23ClO4. The van der Waals surface area contributed by atoms with E-state index in [0.29, 0.717) is 25.9 Å². The summed E-state index contributed by atoms with van der Waals surface area (Å²) in [6.07, 6.45) is 1.32. The Labute approximate surface area is 158 Å². The van der Waals surface area contributed by atoms with Gasteiger partial charge >= 0.3 is 0 Å². The smallest absolute Gasteiger partial charge is 0.198 e. The molecule has 3 atom stereocenters. The Morgan fingerprint density at radius 3 is 2.73 bits per heavy atom. The number of methoxy groups -OCH3 is 1. The third-order valence-corrected chi connectivity index (χ3v) is 5.55. The van der Waals surface area contributed by atoms with Crippen molar-refractivity contribution in [3.8, 4) is 5.75 Å². The fourth-order valence-corrected chi connectivity index (χ4v) is 4.22. The van der Waals surface area contributed by atoms with Gasteiger partial charge in [-0.3, -0.25) is 0 Å². The normalized spacial score (nSPS) is 27.5. The van der Waals surface area contributed by atoms with Crippen LogP contribution in [0.4, 0.5) is 0 Å². The Morgan fingerprint density at radius 2 is 2.04 bits per heavy atom. The Hall–Kier alpha value is -1.59. The third-order valence-electron chi connectivity index (χ3n) is 5.20. The van der Waals surface area contributed by atoms with Crippen LogP contribution in [0.15, 0.2) is 36.4 Å². The van der Waals surface area contributed by atoms with Crippen molar-refractivity contribution in [2.75, 3.05) is 7.11 Å². The van der Waals surface area contributed by atoms with Crippen LogP contribution in [-0.2, 0) is 28.3 Å². The number of aliphatic hydroxyl groups excluding tert-OH is 1. The molecule has 2 unspecified atom stereocenters. The first-order chi connectivity index (χ1) is 12.5. The molecule has 0 bridgehead atoms. The summed E-state index contributed by atoms with van der Waals surface area (Å²) in [5.41, 5.74) is 4.21. The van der Waals surface area contributed by atoms with Gasteiger partial charge in [0.1, 0.15) is 5.75 Å². The maximum atomic E-state index is 10.2. The van der Waals surface area contributed by atoms with E-state index in [9.17, 15) is 5.11 Å². The van der Waals surface area contributed by atoms with E-state index in [0.717, 1.165) is 33.0 Å². The second-order valence-corrected chi connectivity index (χ2v) is 7.60. The standard InChI is InChI=1S/C21H23ClO4/c1-13-7-17(23)11-21(26-13)19-9-15(20(22)10-16(19)12-25-21)8-14-3-5-18(24-2)6-4-14/h3-6,9-10,13,17,23H,7-8,11-12H2,1-2H3/t13?,17?,21-/m1/s1. The van der Waals surface area contributed by atoms with E-state index in [-0.39, 0.29) is 6.10 Å². The van der Waals surface area contributed by atoms with Gasteiger partial charge in [-0.15, -0.1) is 0 Å². The fourth-order valence-electron chi connectivity index (χ4n) is 3.97. The highest BCUT2D eigenvalue weighted by Gasteiger charge is 2.47. The predicted octanol–water partition coefficient (Wildman–Crippen LogP) is 4.18. The van der Waals surface area contributed by atoms with Crippen LogP contribution >= 0.6 is 11.6 Å². The van der Waals surface area contributed by atoms with Gasteiger partial charge in [-0.05, 0) is 60.7 Å². The van der Waals surface area contributed by atoms with Crippen molar-refractivity contribution in [3.05, 3.63) is 63.7 Å². The molecule has 0 radical (unpaired) electrons. The van der Waals surface area contributed by atoms with E-state index in [2.05, 4.69) is 6.07 Å². The molecule has 26 heavy (non-hydrogen) atoms. The van der Waals surface area contributed by atoms with Crippen molar-refractivity contribution in [3.63, 3.8) is 0 Å². The summed E-state index contributed by atoms with van der Waals surface area (Å²) in [6, 6.07) is 12.0. The maximum absolute atomic E-state index is 10.2. The second kappa shape index (κ2) is 6.86. The maximum Gasteiger partial charge on any atom is 0.198 e. The molecule has 138 valence electrons. The van der Waals surface area contributed by atoms with Crippen molar-refractivity contribution < 1.29 is 19.3 Å². The molecule has 1 fully saturated rings. The zero-order chi connectivity index (χ0) is 18.3. The van der Waals surface area contributed by atoms with Gasteiger partial charge < -0.3 is 19.3 Å². The first-order valence-electron chi connectivity index (χ1n) is 8.93. The number of fused-ring (bicyclic) bond motifs is 2. The van der Waals surface area contributed by atoms with E-state index in [1.54, 1.807) is 7.11 Å². The summed E-state index contributed by atoms with van der Waals surface area (Å²) in [5, 5.41) is 11.0. The van der Waals surface area contributed by atoms with Gasteiger partial charge in [-0.2, -0.15) is 0 Å². The van der Waals surface area contributed by atoms with Crippen LogP contribution in [-0.4, -0.2) is 24.4 Å². The van der Waals surface area contributed by atoms with Crippen LogP contribution < -0.4 is 4.74 Å². The first kappa shape index (κ1) is 17.8. The summed E-state index contributed by atoms with van der Waals surface area (Å²) in [5.74, 6) is -0.0224. The van der Waals surface area contributed by atoms with Crippen LogP contribution in [0.3, 0.4) is 0 Å². The molecule has 5 heteroatoms. The van der Waals surface area contributed by atoms with E-state index in [1.807, 2.05) is 37.3 Å². The summed E-state index contributed by atoms with van der Waals surface area (Å²) in [4.78, 5) is 0. The highest BCUT2D eigenvalue weighted by molar-refractivity contribution is 6.31. The molecule has 1 N–H and O–H groups in total. The van der Waals surface area contributed by atoms with E-state index >= 15 is 0 Å². The highest BCUT2D eigenvalue weighted by Crippen LogP contribution is 2.46. The monoisotopic (exact) mass is 374 g/mol. The highest BCUT2D eigenvalue weighted by atomic mass is 35.5. The van der Waals surface area contributed by atoms with Gasteiger partial charge in [0.25, 0.3) is 0 Å². The Balaban J connectivity index is 1.67. The van der Waals surface area contributed by atoms with Crippen LogP contribution in [0.5, 0.6) is 5.75 Å². The summed E-state index contributed by atoms with van der Waals surface area (Å²) >= 11 is 6.53. The van der Waals surface area contributed by atoms with Crippen molar-refractivity contribution >= 4 is 11.6 Å². The summed E-state index contributed by atoms with van der Waals surface area (Å²) < 4.78 is 17.4. The molecule has 4 nitrogen and oxygen atoms in total. The Kier molecular flexibility index (Phi) is 4.70. The molecule has 1 saturated heterocycles. The molecule has 0 aromatic heterocycles. The molecule has 2 heterocycles. The lowest BCUT2D eigenvalue weighted by Crippen LogP contribution is -2.43. The van der Waals surface area contributed by atoms with E-state index in [1.165, 1.54) is 0 Å². The van der Waals surface area contributed by atoms with Crippen molar-refractivity contribution in [2.45, 2.75) is 50.8 Å². The van der Waals surface area contributed by atoms with Gasteiger partial charge in [-0.1, -0.05) is 23.7 Å². The predicted molar refractivity (Wildman–Crippen MR) is 99.5 cm³/mol. The number of ether oxygens (including phenoxy) is 3. The SMILES string of the molecule is COc1ccc(Cc2cc3c(cc2Cl)CO[C@@]32CC(O)CC(C)O2)cc1. The average molecular weight is 375 g/mol. The molecule has 0 saturated carbocycles. The Morgan fingerprint density at radius 1 is 1.27 bits per heavy atom. The zero-order valence-corrected chi connectivity index (χ0v) is 15.8. The minimum Gasteiger partial charge on any atom is -0.497 e. The molecule has 2 aliphatic heterocycles. The van der Waals surface area contributed by atoms with Gasteiger partial charge in [0.05, 0.1) is 25.9 Å². The Bertz CT molecular complexity index is 792. The van der Waals surface area contributed by atoms with E-state index < -0.39 is 11.9 Å². The van der Waals surface area contributed by atoms with Gasteiger partial charge in [0.2, 0.25) is 0 Å².